The Morgan fingerprint density at radius 3 is 2.60 bits per heavy atom. The summed E-state index contributed by atoms with van der Waals surface area (Å²) in [6, 6.07) is 10.7. The van der Waals surface area contributed by atoms with E-state index in [1.807, 2.05) is 24.3 Å². The number of likely N-dealkylation sites (tertiary alicyclic amines) is 1. The lowest BCUT2D eigenvalue weighted by molar-refractivity contribution is -0.126. The van der Waals surface area contributed by atoms with Crippen molar-refractivity contribution in [2.75, 3.05) is 13.1 Å². The third-order valence-electron chi connectivity index (χ3n) is 5.00. The lowest BCUT2D eigenvalue weighted by atomic mass is 9.92. The zero-order chi connectivity index (χ0) is 17.6. The van der Waals surface area contributed by atoms with E-state index in [4.69, 9.17) is 4.42 Å². The van der Waals surface area contributed by atoms with E-state index in [-0.39, 0.29) is 23.7 Å². The summed E-state index contributed by atoms with van der Waals surface area (Å²) in [6.45, 7) is 4.36. The minimum atomic E-state index is -0.203. The molecule has 2 aromatic rings. The largest absolute Gasteiger partial charge is 0.467 e. The van der Waals surface area contributed by atoms with E-state index in [1.165, 1.54) is 12.1 Å². The Kier molecular flexibility index (Phi) is 5.87. The molecule has 0 bridgehead atoms. The number of hydrogen-bond donors (Lipinski definition) is 1. The van der Waals surface area contributed by atoms with Crippen LogP contribution in [0.2, 0.25) is 0 Å². The van der Waals surface area contributed by atoms with Crippen LogP contribution in [0.15, 0.2) is 47.1 Å². The number of nitrogens with one attached hydrogen (secondary N) is 1. The van der Waals surface area contributed by atoms with Crippen molar-refractivity contribution >= 4 is 5.91 Å². The fourth-order valence-corrected chi connectivity index (χ4v) is 3.59. The van der Waals surface area contributed by atoms with Crippen LogP contribution in [0.1, 0.15) is 43.6 Å². The van der Waals surface area contributed by atoms with E-state index in [0.717, 1.165) is 43.7 Å². The van der Waals surface area contributed by atoms with Crippen molar-refractivity contribution in [3.63, 3.8) is 0 Å². The molecule has 1 N–H and O–H groups in total. The minimum absolute atomic E-state index is 0.0527. The van der Waals surface area contributed by atoms with Crippen molar-refractivity contribution in [1.29, 1.82) is 0 Å². The summed E-state index contributed by atoms with van der Waals surface area (Å²) in [7, 11) is 0. The van der Waals surface area contributed by atoms with Gasteiger partial charge in [-0.25, -0.2) is 4.39 Å². The molecule has 5 heteroatoms. The van der Waals surface area contributed by atoms with Crippen molar-refractivity contribution < 1.29 is 13.6 Å². The number of piperidine rings is 1. The number of halogens is 1. The Labute approximate surface area is 148 Å². The molecule has 1 saturated heterocycles. The Hall–Kier alpha value is -2.14. The van der Waals surface area contributed by atoms with Crippen LogP contribution in [-0.4, -0.2) is 23.9 Å². The van der Waals surface area contributed by atoms with E-state index >= 15 is 0 Å². The van der Waals surface area contributed by atoms with Crippen LogP contribution in [-0.2, 0) is 11.3 Å². The zero-order valence-corrected chi connectivity index (χ0v) is 14.6. The van der Waals surface area contributed by atoms with Gasteiger partial charge < -0.3 is 9.73 Å². The van der Waals surface area contributed by atoms with Gasteiger partial charge in [0.1, 0.15) is 11.6 Å². The maximum absolute atomic E-state index is 13.1. The molecule has 1 aromatic heterocycles. The van der Waals surface area contributed by atoms with Crippen molar-refractivity contribution in [1.82, 2.24) is 10.2 Å². The first-order chi connectivity index (χ1) is 12.2. The zero-order valence-electron chi connectivity index (χ0n) is 14.6. The highest BCUT2D eigenvalue weighted by Gasteiger charge is 2.28. The molecule has 1 fully saturated rings. The van der Waals surface area contributed by atoms with E-state index in [2.05, 4.69) is 17.1 Å². The van der Waals surface area contributed by atoms with E-state index in [0.29, 0.717) is 6.54 Å². The maximum atomic E-state index is 13.1. The second-order valence-electron chi connectivity index (χ2n) is 6.58. The second kappa shape index (κ2) is 8.30. The monoisotopic (exact) mass is 344 g/mol. The average Bonchev–Trinajstić information content (AvgIpc) is 3.16. The Morgan fingerprint density at radius 1 is 1.28 bits per heavy atom. The van der Waals surface area contributed by atoms with E-state index < -0.39 is 0 Å². The molecule has 0 radical (unpaired) electrons. The van der Waals surface area contributed by atoms with Crippen LogP contribution < -0.4 is 5.32 Å². The van der Waals surface area contributed by atoms with Crippen LogP contribution in [0.5, 0.6) is 0 Å². The first-order valence-corrected chi connectivity index (χ1v) is 8.97. The molecule has 2 heterocycles. The van der Waals surface area contributed by atoms with Gasteiger partial charge in [0.25, 0.3) is 0 Å². The van der Waals surface area contributed by atoms with Crippen LogP contribution >= 0.6 is 0 Å². The predicted molar refractivity (Wildman–Crippen MR) is 94.3 cm³/mol. The number of carbonyl (C=O) groups is 1. The number of nitrogens with zero attached hydrogens (tertiary/aromatic N) is 1. The molecule has 1 aliphatic rings. The summed E-state index contributed by atoms with van der Waals surface area (Å²) < 4.78 is 18.4. The quantitative estimate of drug-likeness (QED) is 0.864. The Bertz CT molecular complexity index is 662. The second-order valence-corrected chi connectivity index (χ2v) is 6.58. The Balaban J connectivity index is 1.51. The summed E-state index contributed by atoms with van der Waals surface area (Å²) in [4.78, 5) is 14.7. The summed E-state index contributed by atoms with van der Waals surface area (Å²) in [6.07, 6.45) is 4.28. The van der Waals surface area contributed by atoms with Gasteiger partial charge in [-0.2, -0.15) is 0 Å². The molecule has 1 aromatic carbocycles. The predicted octanol–water partition coefficient (Wildman–Crippen LogP) is 3.90. The van der Waals surface area contributed by atoms with E-state index in [1.54, 1.807) is 6.26 Å². The van der Waals surface area contributed by atoms with Gasteiger partial charge in [0, 0.05) is 12.0 Å². The van der Waals surface area contributed by atoms with Crippen molar-refractivity contribution in [3.05, 3.63) is 59.8 Å². The van der Waals surface area contributed by atoms with Crippen molar-refractivity contribution in [2.24, 2.45) is 5.92 Å². The van der Waals surface area contributed by atoms with Gasteiger partial charge in [-0.3, -0.25) is 9.69 Å². The average molecular weight is 344 g/mol. The maximum Gasteiger partial charge on any atom is 0.223 e. The third-order valence-corrected chi connectivity index (χ3v) is 5.00. The fourth-order valence-electron chi connectivity index (χ4n) is 3.59. The van der Waals surface area contributed by atoms with Crippen LogP contribution in [0.4, 0.5) is 4.39 Å². The molecule has 0 aliphatic carbocycles. The third kappa shape index (κ3) is 4.48. The molecular weight excluding hydrogens is 319 g/mol. The molecular formula is C20H25FN2O2. The van der Waals surface area contributed by atoms with Gasteiger partial charge in [-0.05, 0) is 62.2 Å². The number of furan rings is 1. The number of hydrogen-bond acceptors (Lipinski definition) is 3. The van der Waals surface area contributed by atoms with Crippen LogP contribution in [0, 0.1) is 11.7 Å². The van der Waals surface area contributed by atoms with Crippen LogP contribution in [0.25, 0.3) is 0 Å². The minimum Gasteiger partial charge on any atom is -0.467 e. The molecule has 4 nitrogen and oxygen atoms in total. The van der Waals surface area contributed by atoms with E-state index in [9.17, 15) is 9.18 Å². The molecule has 1 atom stereocenters. The van der Waals surface area contributed by atoms with Gasteiger partial charge in [-0.15, -0.1) is 0 Å². The van der Waals surface area contributed by atoms with Gasteiger partial charge >= 0.3 is 0 Å². The normalized spacial score (nSPS) is 17.4. The smallest absolute Gasteiger partial charge is 0.223 e. The first kappa shape index (κ1) is 17.7. The number of rotatable bonds is 6. The topological polar surface area (TPSA) is 45.5 Å². The molecule has 0 unspecified atom stereocenters. The van der Waals surface area contributed by atoms with Gasteiger partial charge in [0.15, 0.2) is 0 Å². The number of amides is 1. The SMILES string of the molecule is CC[C@H](c1ccc(F)cc1)N1CCC(C(=O)NCc2ccco2)CC1. The standard InChI is InChI=1S/C20H25FN2O2/c1-2-19(15-5-7-17(21)8-6-15)23-11-9-16(10-12-23)20(24)22-14-18-4-3-13-25-18/h3-8,13,16,19H,2,9-12,14H2,1H3,(H,22,24)/t19-/m1/s1. The lowest BCUT2D eigenvalue weighted by Gasteiger charge is -2.37. The van der Waals surface area contributed by atoms with Crippen molar-refractivity contribution in [3.8, 4) is 0 Å². The highest BCUT2D eigenvalue weighted by Crippen LogP contribution is 2.29. The van der Waals surface area contributed by atoms with Gasteiger partial charge in [0.2, 0.25) is 5.91 Å². The van der Waals surface area contributed by atoms with Crippen LogP contribution in [0.3, 0.4) is 0 Å². The Morgan fingerprint density at radius 2 is 2.00 bits per heavy atom. The molecule has 1 amide bonds. The number of carbonyl (C=O) groups excluding carboxylic acids is 1. The molecule has 3 rings (SSSR count). The van der Waals surface area contributed by atoms with Gasteiger partial charge in [-0.1, -0.05) is 19.1 Å². The molecule has 134 valence electrons. The molecule has 25 heavy (non-hydrogen) atoms. The summed E-state index contributed by atoms with van der Waals surface area (Å²) in [5.74, 6) is 0.724. The van der Waals surface area contributed by atoms with Gasteiger partial charge in [0.05, 0.1) is 12.8 Å². The highest BCUT2D eigenvalue weighted by atomic mass is 19.1. The summed E-state index contributed by atoms with van der Waals surface area (Å²) in [5.41, 5.74) is 1.14. The first-order valence-electron chi connectivity index (χ1n) is 8.97. The number of benzene rings is 1. The lowest BCUT2D eigenvalue weighted by Crippen LogP contribution is -2.41. The molecule has 1 aliphatic heterocycles. The molecule has 0 saturated carbocycles. The summed E-state index contributed by atoms with van der Waals surface area (Å²) >= 11 is 0. The van der Waals surface area contributed by atoms with Crippen molar-refractivity contribution in [2.45, 2.75) is 38.8 Å². The summed E-state index contributed by atoms with van der Waals surface area (Å²) in [5, 5.41) is 2.96. The fraction of sp³-hybridized carbons (Fsp3) is 0.450. The highest BCUT2D eigenvalue weighted by molar-refractivity contribution is 5.78. The molecule has 0 spiro atoms.